The number of carbonyl (C=O) groups is 1. The molecule has 28 heavy (non-hydrogen) atoms. The average Bonchev–Trinajstić information content (AvgIpc) is 3.31. The molecule has 0 unspecified atom stereocenters. The molecule has 1 aliphatic heterocycles. The van der Waals surface area contributed by atoms with E-state index in [0.717, 1.165) is 0 Å². The Morgan fingerprint density at radius 2 is 2.04 bits per heavy atom. The third-order valence-corrected chi connectivity index (χ3v) is 4.31. The van der Waals surface area contributed by atoms with Gasteiger partial charge in [0.2, 0.25) is 5.88 Å². The van der Waals surface area contributed by atoms with Crippen LogP contribution in [-0.2, 0) is 13.1 Å². The fraction of sp³-hybridized carbons (Fsp3) is 0.222. The molecule has 0 saturated carbocycles. The van der Waals surface area contributed by atoms with Crippen molar-refractivity contribution in [3.63, 3.8) is 0 Å². The zero-order chi connectivity index (χ0) is 19.7. The van der Waals surface area contributed by atoms with Crippen LogP contribution in [0.2, 0.25) is 0 Å². The largest absolute Gasteiger partial charge is 0.480 e. The monoisotopic (exact) mass is 377 g/mol. The van der Waals surface area contributed by atoms with Crippen molar-refractivity contribution in [3.8, 4) is 29.2 Å². The summed E-state index contributed by atoms with van der Waals surface area (Å²) in [5, 5.41) is 12.9. The van der Waals surface area contributed by atoms with Crippen molar-refractivity contribution in [1.29, 1.82) is 5.26 Å². The lowest BCUT2D eigenvalue weighted by molar-refractivity contribution is 0.0996. The standard InChI is InChI=1S/C18H15N7O3/c1-27-16-13(8-20-18(23-16)28-2)14-4-3-12-15(22-14)10-25(17(12)26)11-7-21-24(9-11)6-5-19/h3-4,7-9H,6,10H2,1-2H3. The number of nitrogens with zero attached hydrogens (tertiary/aromatic N) is 7. The maximum absolute atomic E-state index is 12.7. The zero-order valence-electron chi connectivity index (χ0n) is 15.2. The number of amides is 1. The predicted octanol–water partition coefficient (Wildman–Crippen LogP) is 1.44. The lowest BCUT2D eigenvalue weighted by atomic mass is 10.1. The molecule has 1 amide bonds. The smallest absolute Gasteiger partial charge is 0.319 e. The number of methoxy groups -OCH3 is 2. The SMILES string of the molecule is COc1ncc(-c2ccc3c(n2)CN(c2cnn(CC#N)c2)C3=O)c(OC)n1. The van der Waals surface area contributed by atoms with Crippen molar-refractivity contribution in [3.05, 3.63) is 42.0 Å². The molecule has 3 aromatic heterocycles. The minimum absolute atomic E-state index is 0.120. The second kappa shape index (κ2) is 6.96. The highest BCUT2D eigenvalue weighted by Gasteiger charge is 2.31. The summed E-state index contributed by atoms with van der Waals surface area (Å²) in [6.07, 6.45) is 4.79. The third-order valence-electron chi connectivity index (χ3n) is 4.31. The molecule has 4 rings (SSSR count). The van der Waals surface area contributed by atoms with Gasteiger partial charge in [0.1, 0.15) is 6.54 Å². The molecule has 140 valence electrons. The van der Waals surface area contributed by atoms with E-state index in [0.29, 0.717) is 40.6 Å². The predicted molar refractivity (Wildman–Crippen MR) is 96.7 cm³/mol. The first-order valence-electron chi connectivity index (χ1n) is 8.31. The minimum atomic E-state index is -0.163. The van der Waals surface area contributed by atoms with Crippen LogP contribution in [0, 0.1) is 11.3 Å². The normalized spacial score (nSPS) is 12.6. The van der Waals surface area contributed by atoms with Crippen molar-refractivity contribution < 1.29 is 14.3 Å². The molecule has 0 atom stereocenters. The Kier molecular flexibility index (Phi) is 4.33. The van der Waals surface area contributed by atoms with Gasteiger partial charge < -0.3 is 9.47 Å². The van der Waals surface area contributed by atoms with E-state index >= 15 is 0 Å². The first-order chi connectivity index (χ1) is 13.6. The van der Waals surface area contributed by atoms with Crippen LogP contribution in [0.5, 0.6) is 11.9 Å². The molecule has 10 nitrogen and oxygen atoms in total. The molecule has 0 aromatic carbocycles. The summed E-state index contributed by atoms with van der Waals surface area (Å²) in [6, 6.07) is 5.66. The molecule has 0 aliphatic carbocycles. The van der Waals surface area contributed by atoms with Crippen molar-refractivity contribution in [2.75, 3.05) is 19.1 Å². The topological polar surface area (TPSA) is 119 Å². The second-order valence-corrected chi connectivity index (χ2v) is 5.92. The summed E-state index contributed by atoms with van der Waals surface area (Å²) in [5.74, 6) is 0.168. The molecular formula is C18H15N7O3. The van der Waals surface area contributed by atoms with Gasteiger partial charge in [-0.05, 0) is 12.1 Å². The van der Waals surface area contributed by atoms with Crippen molar-refractivity contribution in [1.82, 2.24) is 24.7 Å². The number of pyridine rings is 1. The number of fused-ring (bicyclic) bond motifs is 1. The van der Waals surface area contributed by atoms with Gasteiger partial charge in [0.15, 0.2) is 0 Å². The zero-order valence-corrected chi connectivity index (χ0v) is 15.2. The molecule has 4 heterocycles. The van der Waals surface area contributed by atoms with Crippen LogP contribution in [0.3, 0.4) is 0 Å². The highest BCUT2D eigenvalue weighted by atomic mass is 16.5. The van der Waals surface area contributed by atoms with E-state index in [4.69, 9.17) is 14.7 Å². The quantitative estimate of drug-likeness (QED) is 0.655. The fourth-order valence-corrected chi connectivity index (χ4v) is 2.97. The molecular weight excluding hydrogens is 362 g/mol. The minimum Gasteiger partial charge on any atom is -0.480 e. The lowest BCUT2D eigenvalue weighted by Crippen LogP contribution is -2.22. The molecule has 3 aromatic rings. The van der Waals surface area contributed by atoms with Gasteiger partial charge in [-0.3, -0.25) is 14.4 Å². The number of ether oxygens (including phenoxy) is 2. The molecule has 10 heteroatoms. The summed E-state index contributed by atoms with van der Waals surface area (Å²) < 4.78 is 11.8. The summed E-state index contributed by atoms with van der Waals surface area (Å²) in [7, 11) is 2.98. The van der Waals surface area contributed by atoms with Crippen molar-refractivity contribution in [2.45, 2.75) is 13.1 Å². The first kappa shape index (κ1) is 17.4. The van der Waals surface area contributed by atoms with Crippen LogP contribution in [0.25, 0.3) is 11.3 Å². The lowest BCUT2D eigenvalue weighted by Gasteiger charge is -2.11. The Hall–Kier alpha value is -4.00. The number of aromatic nitrogens is 5. The van der Waals surface area contributed by atoms with Gasteiger partial charge >= 0.3 is 6.01 Å². The molecule has 0 spiro atoms. The van der Waals surface area contributed by atoms with E-state index in [2.05, 4.69) is 20.1 Å². The van der Waals surface area contributed by atoms with Crippen LogP contribution < -0.4 is 14.4 Å². The summed E-state index contributed by atoms with van der Waals surface area (Å²) in [5.41, 5.74) is 2.95. The average molecular weight is 377 g/mol. The fourth-order valence-electron chi connectivity index (χ4n) is 2.97. The number of hydrogen-bond acceptors (Lipinski definition) is 8. The van der Waals surface area contributed by atoms with E-state index in [9.17, 15) is 4.79 Å². The molecule has 0 fully saturated rings. The van der Waals surface area contributed by atoms with Crippen LogP contribution in [-0.4, -0.2) is 44.9 Å². The first-order valence-corrected chi connectivity index (χ1v) is 8.31. The maximum atomic E-state index is 12.7. The van der Waals surface area contributed by atoms with Gasteiger partial charge in [-0.25, -0.2) is 9.97 Å². The van der Waals surface area contributed by atoms with Gasteiger partial charge in [0, 0.05) is 12.4 Å². The van der Waals surface area contributed by atoms with E-state index in [-0.39, 0.29) is 18.5 Å². The Morgan fingerprint density at radius 3 is 2.79 bits per heavy atom. The molecule has 0 radical (unpaired) electrons. The summed E-state index contributed by atoms with van der Waals surface area (Å²) in [6.45, 7) is 0.425. The van der Waals surface area contributed by atoms with Crippen LogP contribution in [0.15, 0.2) is 30.7 Å². The van der Waals surface area contributed by atoms with Gasteiger partial charge in [-0.15, -0.1) is 0 Å². The summed E-state index contributed by atoms with van der Waals surface area (Å²) >= 11 is 0. The number of anilines is 1. The van der Waals surface area contributed by atoms with Gasteiger partial charge in [-0.1, -0.05) is 0 Å². The van der Waals surface area contributed by atoms with Gasteiger partial charge in [0.25, 0.3) is 5.91 Å². The Morgan fingerprint density at radius 1 is 1.18 bits per heavy atom. The van der Waals surface area contributed by atoms with Crippen LogP contribution in [0.4, 0.5) is 5.69 Å². The number of hydrogen-bond donors (Lipinski definition) is 0. The molecule has 0 bridgehead atoms. The van der Waals surface area contributed by atoms with Crippen molar-refractivity contribution in [2.24, 2.45) is 0 Å². The number of rotatable bonds is 5. The molecule has 0 N–H and O–H groups in total. The highest BCUT2D eigenvalue weighted by Crippen LogP contribution is 2.32. The Bertz CT molecular complexity index is 1100. The molecule has 0 saturated heterocycles. The van der Waals surface area contributed by atoms with Crippen molar-refractivity contribution >= 4 is 11.6 Å². The Balaban J connectivity index is 1.67. The molecule has 1 aliphatic rings. The van der Waals surface area contributed by atoms with Crippen LogP contribution >= 0.6 is 0 Å². The summed E-state index contributed by atoms with van der Waals surface area (Å²) in [4.78, 5) is 27.2. The highest BCUT2D eigenvalue weighted by molar-refractivity contribution is 6.09. The number of nitriles is 1. The van der Waals surface area contributed by atoms with Crippen LogP contribution in [0.1, 0.15) is 16.1 Å². The van der Waals surface area contributed by atoms with E-state index in [1.165, 1.54) is 18.9 Å². The maximum Gasteiger partial charge on any atom is 0.319 e. The van der Waals surface area contributed by atoms with E-state index < -0.39 is 0 Å². The van der Waals surface area contributed by atoms with Gasteiger partial charge in [-0.2, -0.15) is 15.3 Å². The third kappa shape index (κ3) is 2.88. The van der Waals surface area contributed by atoms with E-state index in [1.807, 2.05) is 6.07 Å². The number of carbonyl (C=O) groups excluding carboxylic acids is 1. The van der Waals surface area contributed by atoms with Gasteiger partial charge in [0.05, 0.1) is 61.2 Å². The Labute approximate surface area is 160 Å². The van der Waals surface area contributed by atoms with E-state index in [1.54, 1.807) is 35.6 Å². The second-order valence-electron chi connectivity index (χ2n) is 5.92.